The predicted molar refractivity (Wildman–Crippen MR) is 142 cm³/mol. The molecule has 0 unspecified atom stereocenters. The fourth-order valence-corrected chi connectivity index (χ4v) is 4.60. The number of nitrogens with zero attached hydrogens (tertiary/aromatic N) is 5. The average Bonchev–Trinajstić information content (AvgIpc) is 3.24. The Balaban J connectivity index is 1.60. The van der Waals surface area contributed by atoms with E-state index in [1.807, 2.05) is 42.5 Å². The molecule has 182 valence electrons. The molecular formula is C28H20ClN5O3. The van der Waals surface area contributed by atoms with E-state index in [2.05, 4.69) is 4.98 Å². The maximum atomic E-state index is 13.8. The second kappa shape index (κ2) is 9.15. The summed E-state index contributed by atoms with van der Waals surface area (Å²) in [5, 5.41) is 0.932. The summed E-state index contributed by atoms with van der Waals surface area (Å²) in [4.78, 5) is 40.3. The summed E-state index contributed by atoms with van der Waals surface area (Å²) < 4.78 is 8.41. The molecule has 0 aliphatic heterocycles. The van der Waals surface area contributed by atoms with Crippen LogP contribution in [0.3, 0.4) is 0 Å². The van der Waals surface area contributed by atoms with E-state index in [0.717, 1.165) is 5.56 Å². The van der Waals surface area contributed by atoms with Crippen LogP contribution in [0.2, 0.25) is 5.02 Å². The fourth-order valence-electron chi connectivity index (χ4n) is 4.40. The van der Waals surface area contributed by atoms with Crippen LogP contribution in [0.1, 0.15) is 22.8 Å². The SMILES string of the molecule is CCOC(=O)c1ccc(-n2c3nc4ccccc4nc3c3c(=O)n(Cc4ccccc4Cl)cnc32)cc1. The van der Waals surface area contributed by atoms with Crippen molar-refractivity contribution in [3.63, 3.8) is 0 Å². The van der Waals surface area contributed by atoms with Crippen LogP contribution in [0.4, 0.5) is 0 Å². The highest BCUT2D eigenvalue weighted by Gasteiger charge is 2.21. The van der Waals surface area contributed by atoms with Crippen LogP contribution in [0, 0.1) is 0 Å². The molecule has 9 heteroatoms. The summed E-state index contributed by atoms with van der Waals surface area (Å²) in [5.74, 6) is -0.400. The minimum Gasteiger partial charge on any atom is -0.462 e. The van der Waals surface area contributed by atoms with Gasteiger partial charge in [0.15, 0.2) is 11.3 Å². The van der Waals surface area contributed by atoms with Gasteiger partial charge in [-0.1, -0.05) is 41.9 Å². The molecule has 6 aromatic rings. The van der Waals surface area contributed by atoms with Crippen molar-refractivity contribution in [2.45, 2.75) is 13.5 Å². The number of fused-ring (bicyclic) bond motifs is 4. The number of benzene rings is 3. The van der Waals surface area contributed by atoms with Crippen LogP contribution in [0.25, 0.3) is 38.9 Å². The van der Waals surface area contributed by atoms with Gasteiger partial charge in [-0.2, -0.15) is 0 Å². The normalized spacial score (nSPS) is 11.4. The molecule has 0 fully saturated rings. The highest BCUT2D eigenvalue weighted by Crippen LogP contribution is 2.28. The van der Waals surface area contributed by atoms with Crippen molar-refractivity contribution in [1.29, 1.82) is 0 Å². The van der Waals surface area contributed by atoms with E-state index in [-0.39, 0.29) is 12.1 Å². The van der Waals surface area contributed by atoms with Crippen LogP contribution in [-0.4, -0.2) is 36.7 Å². The van der Waals surface area contributed by atoms with Gasteiger partial charge in [-0.15, -0.1) is 0 Å². The van der Waals surface area contributed by atoms with Crippen molar-refractivity contribution in [2.24, 2.45) is 0 Å². The first kappa shape index (κ1) is 22.9. The third-order valence-electron chi connectivity index (χ3n) is 6.17. The maximum Gasteiger partial charge on any atom is 0.338 e. The van der Waals surface area contributed by atoms with E-state index in [4.69, 9.17) is 26.3 Å². The lowest BCUT2D eigenvalue weighted by Crippen LogP contribution is -2.21. The average molecular weight is 510 g/mol. The van der Waals surface area contributed by atoms with Crippen molar-refractivity contribution in [3.05, 3.63) is 106 Å². The summed E-state index contributed by atoms with van der Waals surface area (Å²) in [7, 11) is 0. The number of rotatable bonds is 5. The molecule has 3 aromatic carbocycles. The summed E-state index contributed by atoms with van der Waals surface area (Å²) >= 11 is 6.35. The van der Waals surface area contributed by atoms with E-state index in [1.165, 1.54) is 10.9 Å². The minimum atomic E-state index is -0.400. The Labute approximate surface area is 215 Å². The number of halogens is 1. The number of carbonyl (C=O) groups is 1. The van der Waals surface area contributed by atoms with Crippen molar-refractivity contribution in [1.82, 2.24) is 24.1 Å². The van der Waals surface area contributed by atoms with E-state index >= 15 is 0 Å². The van der Waals surface area contributed by atoms with Crippen LogP contribution in [-0.2, 0) is 11.3 Å². The Bertz CT molecular complexity index is 1880. The lowest BCUT2D eigenvalue weighted by atomic mass is 10.2. The molecular weight excluding hydrogens is 490 g/mol. The molecule has 37 heavy (non-hydrogen) atoms. The standard InChI is InChI=1S/C28H20ClN5O3/c1-2-37-28(36)17-11-13-19(14-12-17)34-25-23(24-26(34)32-22-10-6-5-9-21(22)31-24)27(35)33(16-30-25)15-18-7-3-4-8-20(18)29/h3-14,16H,2,15H2,1H3. The third kappa shape index (κ3) is 3.91. The molecule has 6 rings (SSSR count). The molecule has 0 N–H and O–H groups in total. The van der Waals surface area contributed by atoms with Crippen molar-refractivity contribution < 1.29 is 9.53 Å². The van der Waals surface area contributed by atoms with E-state index in [0.29, 0.717) is 56.1 Å². The van der Waals surface area contributed by atoms with Gasteiger partial charge in [0.25, 0.3) is 5.56 Å². The molecule has 3 heterocycles. The highest BCUT2D eigenvalue weighted by molar-refractivity contribution is 6.31. The van der Waals surface area contributed by atoms with Gasteiger partial charge in [-0.25, -0.2) is 19.7 Å². The van der Waals surface area contributed by atoms with Gasteiger partial charge >= 0.3 is 5.97 Å². The van der Waals surface area contributed by atoms with Crippen molar-refractivity contribution >= 4 is 50.8 Å². The van der Waals surface area contributed by atoms with Crippen LogP contribution >= 0.6 is 11.6 Å². The molecule has 0 saturated heterocycles. The fraction of sp³-hybridized carbons (Fsp3) is 0.107. The Kier molecular flexibility index (Phi) is 5.65. The second-order valence-corrected chi connectivity index (χ2v) is 8.86. The summed E-state index contributed by atoms with van der Waals surface area (Å²) in [6.07, 6.45) is 1.51. The van der Waals surface area contributed by atoms with Gasteiger partial charge in [0.2, 0.25) is 0 Å². The molecule has 3 aromatic heterocycles. The predicted octanol–water partition coefficient (Wildman–Crippen LogP) is 5.16. The monoisotopic (exact) mass is 509 g/mol. The Hall–Kier alpha value is -4.56. The van der Waals surface area contributed by atoms with E-state index in [1.54, 1.807) is 41.8 Å². The van der Waals surface area contributed by atoms with Crippen LogP contribution in [0.15, 0.2) is 83.9 Å². The Morgan fingerprint density at radius 1 is 0.919 bits per heavy atom. The number of para-hydroxylation sites is 2. The lowest BCUT2D eigenvalue weighted by Gasteiger charge is -2.09. The minimum absolute atomic E-state index is 0.249. The molecule has 0 aliphatic rings. The Morgan fingerprint density at radius 2 is 1.62 bits per heavy atom. The summed E-state index contributed by atoms with van der Waals surface area (Å²) in [5.41, 5.74) is 4.42. The molecule has 0 amide bonds. The number of ether oxygens (including phenoxy) is 1. The smallest absolute Gasteiger partial charge is 0.338 e. The van der Waals surface area contributed by atoms with Crippen LogP contribution in [0.5, 0.6) is 0 Å². The molecule has 0 aliphatic carbocycles. The van der Waals surface area contributed by atoms with E-state index in [9.17, 15) is 9.59 Å². The number of hydrogen-bond acceptors (Lipinski definition) is 6. The zero-order valence-corrected chi connectivity index (χ0v) is 20.5. The number of hydrogen-bond donors (Lipinski definition) is 0. The molecule has 8 nitrogen and oxygen atoms in total. The molecule has 0 radical (unpaired) electrons. The first-order valence-electron chi connectivity index (χ1n) is 11.7. The van der Waals surface area contributed by atoms with Gasteiger partial charge < -0.3 is 4.74 Å². The van der Waals surface area contributed by atoms with E-state index < -0.39 is 5.97 Å². The number of esters is 1. The lowest BCUT2D eigenvalue weighted by molar-refractivity contribution is 0.0526. The molecule has 0 atom stereocenters. The van der Waals surface area contributed by atoms with Crippen LogP contribution < -0.4 is 5.56 Å². The first-order valence-corrected chi connectivity index (χ1v) is 12.1. The molecule has 0 bridgehead atoms. The number of aromatic nitrogens is 5. The zero-order valence-electron chi connectivity index (χ0n) is 19.8. The topological polar surface area (TPSA) is 91.9 Å². The largest absolute Gasteiger partial charge is 0.462 e. The second-order valence-electron chi connectivity index (χ2n) is 8.45. The molecule has 0 saturated carbocycles. The third-order valence-corrected chi connectivity index (χ3v) is 6.53. The maximum absolute atomic E-state index is 13.8. The summed E-state index contributed by atoms with van der Waals surface area (Å²) in [6.45, 7) is 2.32. The van der Waals surface area contributed by atoms with Crippen molar-refractivity contribution in [3.8, 4) is 5.69 Å². The quantitative estimate of drug-likeness (QED) is 0.298. The van der Waals surface area contributed by atoms with Gasteiger partial charge in [0.05, 0.1) is 29.7 Å². The van der Waals surface area contributed by atoms with Gasteiger partial charge in [0.1, 0.15) is 17.2 Å². The highest BCUT2D eigenvalue weighted by atomic mass is 35.5. The van der Waals surface area contributed by atoms with Gasteiger partial charge in [-0.3, -0.25) is 13.9 Å². The first-order chi connectivity index (χ1) is 18.0. The zero-order chi connectivity index (χ0) is 25.5. The molecule has 0 spiro atoms. The summed E-state index contributed by atoms with van der Waals surface area (Å²) in [6, 6.07) is 21.8. The van der Waals surface area contributed by atoms with Gasteiger partial charge in [0, 0.05) is 10.7 Å². The Morgan fingerprint density at radius 3 is 2.35 bits per heavy atom. The van der Waals surface area contributed by atoms with Crippen molar-refractivity contribution in [2.75, 3.05) is 6.61 Å². The van der Waals surface area contributed by atoms with Gasteiger partial charge in [-0.05, 0) is 55.0 Å². The number of carbonyl (C=O) groups excluding carboxylic acids is 1.